The van der Waals surface area contributed by atoms with E-state index in [0.29, 0.717) is 32.3 Å². The number of urea groups is 1. The number of nitrogens with one attached hydrogen (secondary N) is 2. The van der Waals surface area contributed by atoms with Crippen molar-refractivity contribution < 1.29 is 9.53 Å². The average molecular weight is 474 g/mol. The third-order valence-corrected chi connectivity index (χ3v) is 8.03. The summed E-state index contributed by atoms with van der Waals surface area (Å²) in [7, 11) is 0. The van der Waals surface area contributed by atoms with Crippen LogP contribution >= 0.6 is 0 Å². The molecule has 5 heterocycles. The molecule has 0 radical (unpaired) electrons. The fourth-order valence-electron chi connectivity index (χ4n) is 5.96. The fraction of sp³-hybridized carbons (Fsp3) is 0.500. The summed E-state index contributed by atoms with van der Waals surface area (Å²) < 4.78 is 5.65. The SMILES string of the molecule is Cc1c[nH]c2ncc(-c3cc4c(c([C@@H]5CCCN5)c3)CN(C(=O)N3CCOCC3(C)C)CC4)cc12. The summed E-state index contributed by atoms with van der Waals surface area (Å²) in [5, 5.41) is 4.88. The van der Waals surface area contributed by atoms with Crippen molar-refractivity contribution in [1.29, 1.82) is 0 Å². The first-order valence-corrected chi connectivity index (χ1v) is 12.9. The topological polar surface area (TPSA) is 73.5 Å². The number of carbonyl (C=O) groups excluding carboxylic acids is 1. The molecule has 0 unspecified atom stereocenters. The number of amides is 2. The summed E-state index contributed by atoms with van der Waals surface area (Å²) in [6.45, 7) is 10.6. The van der Waals surface area contributed by atoms with E-state index in [4.69, 9.17) is 4.74 Å². The predicted molar refractivity (Wildman–Crippen MR) is 137 cm³/mol. The maximum Gasteiger partial charge on any atom is 0.320 e. The number of aryl methyl sites for hydroxylation is 1. The Morgan fingerprint density at radius 3 is 2.89 bits per heavy atom. The number of aromatic amines is 1. The molecule has 0 aliphatic carbocycles. The summed E-state index contributed by atoms with van der Waals surface area (Å²) >= 11 is 0. The second-order valence-electron chi connectivity index (χ2n) is 10.9. The van der Waals surface area contributed by atoms with Crippen LogP contribution in [0.5, 0.6) is 0 Å². The zero-order valence-electron chi connectivity index (χ0n) is 21.0. The van der Waals surface area contributed by atoms with E-state index in [9.17, 15) is 4.79 Å². The van der Waals surface area contributed by atoms with Gasteiger partial charge in [-0.1, -0.05) is 6.07 Å². The van der Waals surface area contributed by atoms with Crippen molar-refractivity contribution in [3.63, 3.8) is 0 Å². The van der Waals surface area contributed by atoms with E-state index in [1.165, 1.54) is 39.6 Å². The maximum absolute atomic E-state index is 13.6. The number of pyridine rings is 1. The normalized spacial score (nSPS) is 22.0. The van der Waals surface area contributed by atoms with Crippen molar-refractivity contribution in [3.05, 3.63) is 52.8 Å². The largest absolute Gasteiger partial charge is 0.377 e. The van der Waals surface area contributed by atoms with E-state index in [-0.39, 0.29) is 11.6 Å². The third-order valence-electron chi connectivity index (χ3n) is 8.03. The number of H-pyrrole nitrogens is 1. The van der Waals surface area contributed by atoms with Crippen LogP contribution in [0.1, 0.15) is 55.0 Å². The van der Waals surface area contributed by atoms with E-state index < -0.39 is 0 Å². The Morgan fingerprint density at radius 2 is 2.09 bits per heavy atom. The van der Waals surface area contributed by atoms with Crippen molar-refractivity contribution in [1.82, 2.24) is 25.1 Å². The first kappa shape index (κ1) is 22.6. The minimum atomic E-state index is -0.280. The third kappa shape index (κ3) is 4.00. The van der Waals surface area contributed by atoms with Crippen LogP contribution in [-0.4, -0.2) is 64.2 Å². The smallest absolute Gasteiger partial charge is 0.320 e. The molecule has 0 spiro atoms. The fourth-order valence-corrected chi connectivity index (χ4v) is 5.96. The molecule has 1 atom stereocenters. The Labute approximate surface area is 206 Å². The molecular weight excluding hydrogens is 438 g/mol. The Bertz CT molecular complexity index is 1270. The first-order valence-electron chi connectivity index (χ1n) is 12.9. The van der Waals surface area contributed by atoms with Gasteiger partial charge < -0.3 is 24.8 Å². The van der Waals surface area contributed by atoms with Gasteiger partial charge in [0, 0.05) is 49.0 Å². The molecule has 2 fully saturated rings. The Morgan fingerprint density at radius 1 is 1.20 bits per heavy atom. The van der Waals surface area contributed by atoms with E-state index in [0.717, 1.165) is 37.1 Å². The molecule has 3 aliphatic heterocycles. The van der Waals surface area contributed by atoms with Crippen LogP contribution in [0.3, 0.4) is 0 Å². The van der Waals surface area contributed by atoms with Crippen LogP contribution < -0.4 is 5.32 Å². The predicted octanol–water partition coefficient (Wildman–Crippen LogP) is 4.55. The molecule has 7 heteroatoms. The second-order valence-corrected chi connectivity index (χ2v) is 10.9. The summed E-state index contributed by atoms with van der Waals surface area (Å²) in [6.07, 6.45) is 7.19. The number of nitrogens with zero attached hydrogens (tertiary/aromatic N) is 3. The molecule has 0 bridgehead atoms. The van der Waals surface area contributed by atoms with Crippen molar-refractivity contribution >= 4 is 17.1 Å². The molecule has 2 N–H and O–H groups in total. The van der Waals surface area contributed by atoms with Gasteiger partial charge in [0.15, 0.2) is 0 Å². The molecule has 3 aromatic rings. The van der Waals surface area contributed by atoms with Crippen molar-refractivity contribution in [2.24, 2.45) is 0 Å². The first-order chi connectivity index (χ1) is 16.9. The minimum Gasteiger partial charge on any atom is -0.377 e. The zero-order valence-corrected chi connectivity index (χ0v) is 21.0. The lowest BCUT2D eigenvalue weighted by Crippen LogP contribution is -2.59. The standard InChI is InChI=1S/C28H35N5O2/c1-18-14-30-26-22(18)13-21(15-31-26)20-11-19-6-8-32(27(34)33-9-10-35-17-28(33,2)3)16-24(19)23(12-20)25-5-4-7-29-25/h11-15,25,29H,4-10,16-17H2,1-3H3,(H,30,31)/t25-/m0/s1. The van der Waals surface area contributed by atoms with Crippen LogP contribution in [0.2, 0.25) is 0 Å². The number of benzene rings is 1. The Balaban J connectivity index is 1.36. The molecule has 0 saturated carbocycles. The molecule has 2 aromatic heterocycles. The van der Waals surface area contributed by atoms with E-state index in [2.05, 4.69) is 54.3 Å². The highest BCUT2D eigenvalue weighted by atomic mass is 16.5. The summed E-state index contributed by atoms with van der Waals surface area (Å²) in [5.41, 5.74) is 8.27. The highest BCUT2D eigenvalue weighted by Crippen LogP contribution is 2.37. The van der Waals surface area contributed by atoms with Gasteiger partial charge in [-0.2, -0.15) is 0 Å². The maximum atomic E-state index is 13.6. The van der Waals surface area contributed by atoms with Crippen LogP contribution in [0, 0.1) is 6.92 Å². The van der Waals surface area contributed by atoms with Crippen molar-refractivity contribution in [3.8, 4) is 11.1 Å². The Kier molecular flexibility index (Phi) is 5.57. The van der Waals surface area contributed by atoms with Gasteiger partial charge in [0.05, 0.1) is 18.8 Å². The number of carbonyl (C=O) groups is 1. The molecule has 1 aromatic carbocycles. The van der Waals surface area contributed by atoms with Crippen LogP contribution in [-0.2, 0) is 17.7 Å². The lowest BCUT2D eigenvalue weighted by atomic mass is 9.87. The van der Waals surface area contributed by atoms with Crippen LogP contribution in [0.25, 0.3) is 22.2 Å². The number of rotatable bonds is 2. The van der Waals surface area contributed by atoms with E-state index >= 15 is 0 Å². The number of hydrogen-bond acceptors (Lipinski definition) is 4. The van der Waals surface area contributed by atoms with Gasteiger partial charge in [-0.15, -0.1) is 0 Å². The van der Waals surface area contributed by atoms with Gasteiger partial charge in [0.25, 0.3) is 0 Å². The van der Waals surface area contributed by atoms with E-state index in [1.807, 2.05) is 22.2 Å². The molecule has 6 rings (SSSR count). The molecule has 35 heavy (non-hydrogen) atoms. The quantitative estimate of drug-likeness (QED) is 0.573. The molecule has 3 aliphatic rings. The van der Waals surface area contributed by atoms with Gasteiger partial charge in [-0.3, -0.25) is 0 Å². The van der Waals surface area contributed by atoms with Crippen molar-refractivity contribution in [2.45, 2.75) is 58.2 Å². The average Bonchev–Trinajstić information content (AvgIpc) is 3.52. The number of ether oxygens (including phenoxy) is 1. The number of aromatic nitrogens is 2. The lowest BCUT2D eigenvalue weighted by molar-refractivity contribution is -0.0358. The van der Waals surface area contributed by atoms with Crippen LogP contribution in [0.4, 0.5) is 4.79 Å². The number of morpholine rings is 1. The van der Waals surface area contributed by atoms with Gasteiger partial charge in [-0.25, -0.2) is 9.78 Å². The van der Waals surface area contributed by atoms with Crippen molar-refractivity contribution in [2.75, 3.05) is 32.8 Å². The van der Waals surface area contributed by atoms with Crippen LogP contribution in [0.15, 0.2) is 30.6 Å². The minimum absolute atomic E-state index is 0.135. The molecule has 2 saturated heterocycles. The molecule has 2 amide bonds. The molecular formula is C28H35N5O2. The highest BCUT2D eigenvalue weighted by molar-refractivity contribution is 5.85. The zero-order chi connectivity index (χ0) is 24.2. The monoisotopic (exact) mass is 473 g/mol. The second kappa shape index (κ2) is 8.64. The van der Waals surface area contributed by atoms with Gasteiger partial charge >= 0.3 is 6.03 Å². The molecule has 184 valence electrons. The molecule has 7 nitrogen and oxygen atoms in total. The van der Waals surface area contributed by atoms with Gasteiger partial charge in [0.1, 0.15) is 5.65 Å². The lowest BCUT2D eigenvalue weighted by Gasteiger charge is -2.45. The van der Waals surface area contributed by atoms with E-state index in [1.54, 1.807) is 0 Å². The number of hydrogen-bond donors (Lipinski definition) is 2. The number of fused-ring (bicyclic) bond motifs is 2. The summed E-state index contributed by atoms with van der Waals surface area (Å²) in [6, 6.07) is 7.40. The Hall–Kier alpha value is -2.90. The van der Waals surface area contributed by atoms with Gasteiger partial charge in [0.2, 0.25) is 0 Å². The highest BCUT2D eigenvalue weighted by Gasteiger charge is 2.38. The summed E-state index contributed by atoms with van der Waals surface area (Å²) in [4.78, 5) is 25.6. The van der Waals surface area contributed by atoms with Gasteiger partial charge in [-0.05, 0) is 86.5 Å². The summed E-state index contributed by atoms with van der Waals surface area (Å²) in [5.74, 6) is 0.